The lowest BCUT2D eigenvalue weighted by molar-refractivity contribution is -0.384. The van der Waals surface area contributed by atoms with Crippen LogP contribution in [0.2, 0.25) is 5.02 Å². The van der Waals surface area contributed by atoms with Crippen LogP contribution in [0.3, 0.4) is 0 Å². The second-order valence-corrected chi connectivity index (χ2v) is 9.33. The van der Waals surface area contributed by atoms with Gasteiger partial charge in [0.15, 0.2) is 18.1 Å². The summed E-state index contributed by atoms with van der Waals surface area (Å²) >= 11 is 6.41. The number of imide groups is 2. The number of nitrogens with zero attached hydrogens (tertiary/aromatic N) is 2. The summed E-state index contributed by atoms with van der Waals surface area (Å²) in [7, 11) is 1.34. The summed E-state index contributed by atoms with van der Waals surface area (Å²) < 4.78 is 11.0. The van der Waals surface area contributed by atoms with Crippen molar-refractivity contribution in [1.82, 2.24) is 5.32 Å². The van der Waals surface area contributed by atoms with E-state index in [1.165, 1.54) is 43.5 Å². The Hall–Kier alpha value is -5.23. The first-order valence-corrected chi connectivity index (χ1v) is 12.4. The van der Waals surface area contributed by atoms with Crippen LogP contribution in [-0.4, -0.2) is 42.4 Å². The van der Waals surface area contributed by atoms with E-state index in [0.29, 0.717) is 10.6 Å². The molecule has 0 aliphatic carbocycles. The number of halogens is 1. The quantitative estimate of drug-likeness (QED) is 0.170. The van der Waals surface area contributed by atoms with Crippen molar-refractivity contribution in [3.63, 3.8) is 0 Å². The van der Waals surface area contributed by atoms with Gasteiger partial charge in [-0.2, -0.15) is 0 Å². The predicted molar refractivity (Wildman–Crippen MR) is 150 cm³/mol. The molecule has 41 heavy (non-hydrogen) atoms. The third kappa shape index (κ3) is 6.34. The Balaban J connectivity index is 1.57. The normalized spacial score (nSPS) is 14.1. The molecular weight excluding hydrogens is 556 g/mol. The first kappa shape index (κ1) is 28.8. The summed E-state index contributed by atoms with van der Waals surface area (Å²) in [5.41, 5.74) is 1.94. The third-order valence-corrected chi connectivity index (χ3v) is 6.25. The van der Waals surface area contributed by atoms with Crippen LogP contribution in [0.15, 0.2) is 60.2 Å². The standard InChI is InChI=1S/C28H23ClN4O8/c1-15-7-8-22(16(2)9-15)30-24(34)14-41-25-21(29)11-17(12-23(25)40-3)10-20-26(35)31-28(37)32(27(20)36)18-5-4-6-19(13-18)33(38)39/h4-13H,14H2,1-3H3,(H,30,34)(H,31,35,37)/b20-10-. The molecule has 2 N–H and O–H groups in total. The van der Waals surface area contributed by atoms with Crippen LogP contribution in [0.25, 0.3) is 6.08 Å². The molecule has 1 saturated heterocycles. The Morgan fingerprint density at radius 2 is 1.88 bits per heavy atom. The number of anilines is 2. The number of barbiturate groups is 1. The SMILES string of the molecule is COc1cc(/C=C2/C(=O)NC(=O)N(c3cccc([N+](=O)[O-])c3)C2=O)cc(Cl)c1OCC(=O)Nc1ccc(C)cc1C. The summed E-state index contributed by atoms with van der Waals surface area (Å²) in [6, 6.07) is 12.2. The highest BCUT2D eigenvalue weighted by Crippen LogP contribution is 2.37. The molecule has 210 valence electrons. The molecule has 0 bridgehead atoms. The minimum absolute atomic E-state index is 0.0193. The molecule has 1 heterocycles. The maximum atomic E-state index is 13.2. The van der Waals surface area contributed by atoms with Crippen molar-refractivity contribution >= 4 is 58.5 Å². The number of hydrogen-bond donors (Lipinski definition) is 2. The molecule has 13 heteroatoms. The number of carbonyl (C=O) groups is 4. The van der Waals surface area contributed by atoms with Gasteiger partial charge < -0.3 is 14.8 Å². The van der Waals surface area contributed by atoms with Gasteiger partial charge in [-0.3, -0.25) is 29.8 Å². The first-order valence-electron chi connectivity index (χ1n) is 12.0. The molecule has 5 amide bonds. The number of methoxy groups -OCH3 is 1. The molecule has 0 aromatic heterocycles. The molecule has 1 fully saturated rings. The molecule has 0 unspecified atom stereocenters. The average molecular weight is 579 g/mol. The van der Waals surface area contributed by atoms with Crippen LogP contribution in [0.1, 0.15) is 16.7 Å². The number of ether oxygens (including phenoxy) is 2. The number of non-ortho nitro benzene ring substituents is 1. The molecule has 1 aliphatic heterocycles. The minimum Gasteiger partial charge on any atom is -0.493 e. The number of aryl methyl sites for hydroxylation is 2. The molecule has 0 radical (unpaired) electrons. The van der Waals surface area contributed by atoms with Crippen LogP contribution < -0.4 is 25.0 Å². The fourth-order valence-corrected chi connectivity index (χ4v) is 4.32. The number of benzene rings is 3. The fourth-order valence-electron chi connectivity index (χ4n) is 4.05. The van der Waals surface area contributed by atoms with Gasteiger partial charge in [0.25, 0.3) is 23.4 Å². The summed E-state index contributed by atoms with van der Waals surface area (Å²) in [5, 5.41) is 16.0. The number of hydrogen-bond acceptors (Lipinski definition) is 8. The monoisotopic (exact) mass is 578 g/mol. The van der Waals surface area contributed by atoms with Gasteiger partial charge in [-0.1, -0.05) is 35.4 Å². The number of rotatable bonds is 8. The van der Waals surface area contributed by atoms with Gasteiger partial charge >= 0.3 is 6.03 Å². The van der Waals surface area contributed by atoms with Crippen molar-refractivity contribution in [1.29, 1.82) is 0 Å². The maximum Gasteiger partial charge on any atom is 0.335 e. The lowest BCUT2D eigenvalue weighted by Crippen LogP contribution is -2.54. The molecular formula is C28H23ClN4O8. The van der Waals surface area contributed by atoms with E-state index in [0.717, 1.165) is 17.2 Å². The van der Waals surface area contributed by atoms with Crippen LogP contribution in [0.4, 0.5) is 21.9 Å². The molecule has 0 saturated carbocycles. The average Bonchev–Trinajstić information content (AvgIpc) is 2.91. The smallest absolute Gasteiger partial charge is 0.335 e. The van der Waals surface area contributed by atoms with E-state index in [1.807, 2.05) is 31.3 Å². The Kier molecular flexibility index (Phi) is 8.34. The molecule has 4 rings (SSSR count). The predicted octanol–water partition coefficient (Wildman–Crippen LogP) is 4.56. The van der Waals surface area contributed by atoms with E-state index in [9.17, 15) is 29.3 Å². The Bertz CT molecular complexity index is 1640. The number of urea groups is 1. The molecule has 3 aromatic carbocycles. The lowest BCUT2D eigenvalue weighted by atomic mass is 10.1. The molecule has 0 atom stereocenters. The minimum atomic E-state index is -1.06. The highest BCUT2D eigenvalue weighted by molar-refractivity contribution is 6.39. The Labute approximate surface area is 238 Å². The number of amides is 5. The summed E-state index contributed by atoms with van der Waals surface area (Å²) in [4.78, 5) is 61.8. The van der Waals surface area contributed by atoms with Crippen molar-refractivity contribution in [2.24, 2.45) is 0 Å². The van der Waals surface area contributed by atoms with Gasteiger partial charge in [0.2, 0.25) is 0 Å². The van der Waals surface area contributed by atoms with Gasteiger partial charge in [-0.15, -0.1) is 0 Å². The fraction of sp³-hybridized carbons (Fsp3) is 0.143. The van der Waals surface area contributed by atoms with Crippen molar-refractivity contribution in [2.45, 2.75) is 13.8 Å². The van der Waals surface area contributed by atoms with Gasteiger partial charge in [0.05, 0.1) is 22.7 Å². The van der Waals surface area contributed by atoms with Gasteiger partial charge in [0.1, 0.15) is 5.57 Å². The van der Waals surface area contributed by atoms with E-state index < -0.39 is 34.2 Å². The van der Waals surface area contributed by atoms with E-state index in [4.69, 9.17) is 21.1 Å². The zero-order valence-electron chi connectivity index (χ0n) is 22.0. The van der Waals surface area contributed by atoms with Crippen LogP contribution in [0, 0.1) is 24.0 Å². The largest absolute Gasteiger partial charge is 0.493 e. The van der Waals surface area contributed by atoms with E-state index in [1.54, 1.807) is 6.07 Å². The maximum absolute atomic E-state index is 13.2. The second-order valence-electron chi connectivity index (χ2n) is 8.92. The van der Waals surface area contributed by atoms with Gasteiger partial charge in [-0.25, -0.2) is 9.69 Å². The van der Waals surface area contributed by atoms with Crippen molar-refractivity contribution in [3.05, 3.63) is 92.0 Å². The molecule has 0 spiro atoms. The second kappa shape index (κ2) is 11.9. The number of carbonyl (C=O) groups excluding carboxylic acids is 4. The zero-order valence-corrected chi connectivity index (χ0v) is 22.8. The van der Waals surface area contributed by atoms with E-state index in [-0.39, 0.29) is 40.1 Å². The Morgan fingerprint density at radius 1 is 1.12 bits per heavy atom. The van der Waals surface area contributed by atoms with Crippen molar-refractivity contribution in [2.75, 3.05) is 23.9 Å². The number of nitro benzene ring substituents is 1. The highest BCUT2D eigenvalue weighted by Gasteiger charge is 2.37. The molecule has 3 aromatic rings. The number of nitro groups is 1. The highest BCUT2D eigenvalue weighted by atomic mass is 35.5. The van der Waals surface area contributed by atoms with Crippen LogP contribution in [0.5, 0.6) is 11.5 Å². The van der Waals surface area contributed by atoms with Gasteiger partial charge in [-0.05, 0) is 55.3 Å². The third-order valence-electron chi connectivity index (χ3n) is 5.97. The van der Waals surface area contributed by atoms with Crippen LogP contribution >= 0.6 is 11.6 Å². The topological polar surface area (TPSA) is 157 Å². The van der Waals surface area contributed by atoms with Crippen molar-refractivity contribution in [3.8, 4) is 11.5 Å². The van der Waals surface area contributed by atoms with Crippen LogP contribution in [-0.2, 0) is 14.4 Å². The zero-order chi connectivity index (χ0) is 29.8. The Morgan fingerprint density at radius 3 is 2.56 bits per heavy atom. The van der Waals surface area contributed by atoms with E-state index >= 15 is 0 Å². The van der Waals surface area contributed by atoms with Gasteiger partial charge in [0, 0.05) is 17.8 Å². The summed E-state index contributed by atoms with van der Waals surface area (Å²) in [5.74, 6) is -2.24. The number of nitrogens with one attached hydrogen (secondary N) is 2. The van der Waals surface area contributed by atoms with Crippen molar-refractivity contribution < 1.29 is 33.6 Å². The molecule has 12 nitrogen and oxygen atoms in total. The first-order chi connectivity index (χ1) is 19.5. The molecule has 1 aliphatic rings. The lowest BCUT2D eigenvalue weighted by Gasteiger charge is -2.26. The summed E-state index contributed by atoms with van der Waals surface area (Å²) in [6.45, 7) is 3.43. The summed E-state index contributed by atoms with van der Waals surface area (Å²) in [6.07, 6.45) is 1.18. The van der Waals surface area contributed by atoms with E-state index in [2.05, 4.69) is 5.32 Å².